The number of ether oxygens (including phenoxy) is 1. The van der Waals surface area contributed by atoms with Crippen LogP contribution in [0.25, 0.3) is 0 Å². The third kappa shape index (κ3) is 3.96. The molecule has 5 heteroatoms. The van der Waals surface area contributed by atoms with Gasteiger partial charge in [-0.25, -0.2) is 4.98 Å². The number of anilines is 1. The van der Waals surface area contributed by atoms with Gasteiger partial charge in [-0.1, -0.05) is 22.9 Å². The van der Waals surface area contributed by atoms with Gasteiger partial charge in [-0.2, -0.15) is 4.98 Å². The van der Waals surface area contributed by atoms with Crippen molar-refractivity contribution < 1.29 is 4.74 Å². The lowest BCUT2D eigenvalue weighted by Gasteiger charge is -2.19. The van der Waals surface area contributed by atoms with Crippen LogP contribution in [0.15, 0.2) is 12.3 Å². The molecule has 4 nitrogen and oxygen atoms in total. The summed E-state index contributed by atoms with van der Waals surface area (Å²) in [5.41, 5.74) is 0. The Balaban J connectivity index is 2.71. The normalized spacial score (nSPS) is 10.2. The number of halogens is 1. The van der Waals surface area contributed by atoms with Crippen LogP contribution in [0.2, 0.25) is 0 Å². The Morgan fingerprint density at radius 2 is 2.25 bits per heavy atom. The molecule has 1 rings (SSSR count). The van der Waals surface area contributed by atoms with Crippen molar-refractivity contribution in [3.63, 3.8) is 0 Å². The Labute approximate surface area is 105 Å². The molecule has 0 aromatic carbocycles. The van der Waals surface area contributed by atoms with Crippen LogP contribution in [-0.4, -0.2) is 35.0 Å². The largest absolute Gasteiger partial charge is 0.478 e. The van der Waals surface area contributed by atoms with Crippen molar-refractivity contribution in [1.82, 2.24) is 9.97 Å². The maximum absolute atomic E-state index is 5.48. The van der Waals surface area contributed by atoms with Crippen molar-refractivity contribution in [2.75, 3.05) is 29.9 Å². The quantitative estimate of drug-likeness (QED) is 0.722. The molecular weight excluding hydrogens is 270 g/mol. The van der Waals surface area contributed by atoms with Gasteiger partial charge in [0.25, 0.3) is 0 Å². The fourth-order valence-corrected chi connectivity index (χ4v) is 1.70. The number of alkyl halides is 1. The molecule has 0 aliphatic heterocycles. The maximum atomic E-state index is 5.48. The highest BCUT2D eigenvalue weighted by atomic mass is 79.9. The number of aromatic nitrogens is 2. The lowest BCUT2D eigenvalue weighted by molar-refractivity contribution is 0.305. The van der Waals surface area contributed by atoms with E-state index in [0.717, 1.165) is 30.8 Å². The van der Waals surface area contributed by atoms with Gasteiger partial charge in [0.05, 0.1) is 6.61 Å². The molecule has 0 radical (unpaired) electrons. The second-order valence-electron chi connectivity index (χ2n) is 3.31. The number of hydrogen-bond acceptors (Lipinski definition) is 4. The lowest BCUT2D eigenvalue weighted by Crippen LogP contribution is -2.26. The van der Waals surface area contributed by atoms with Crippen molar-refractivity contribution in [1.29, 1.82) is 0 Å². The smallest absolute Gasteiger partial charge is 0.228 e. The highest BCUT2D eigenvalue weighted by Crippen LogP contribution is 2.12. The molecule has 0 saturated heterocycles. The van der Waals surface area contributed by atoms with E-state index in [4.69, 9.17) is 4.74 Å². The van der Waals surface area contributed by atoms with Crippen LogP contribution in [-0.2, 0) is 0 Å². The molecule has 0 aliphatic rings. The molecule has 0 amide bonds. The molecule has 1 heterocycles. The SMILES string of the molecule is CCCOc1ccnc(N(CC)CCBr)n1. The van der Waals surface area contributed by atoms with Gasteiger partial charge < -0.3 is 9.64 Å². The van der Waals surface area contributed by atoms with Crippen LogP contribution >= 0.6 is 15.9 Å². The van der Waals surface area contributed by atoms with Gasteiger partial charge in [0.2, 0.25) is 11.8 Å². The number of rotatable bonds is 7. The van der Waals surface area contributed by atoms with Crippen molar-refractivity contribution in [3.05, 3.63) is 12.3 Å². The minimum Gasteiger partial charge on any atom is -0.478 e. The first-order valence-corrected chi connectivity index (χ1v) is 6.70. The van der Waals surface area contributed by atoms with Gasteiger partial charge >= 0.3 is 0 Å². The molecule has 0 saturated carbocycles. The van der Waals surface area contributed by atoms with E-state index in [1.165, 1.54) is 0 Å². The average molecular weight is 288 g/mol. The predicted molar refractivity (Wildman–Crippen MR) is 69.5 cm³/mol. The Bertz CT molecular complexity index is 309. The molecule has 1 aromatic rings. The summed E-state index contributed by atoms with van der Waals surface area (Å²) in [5.74, 6) is 1.38. The Kier molecular flexibility index (Phi) is 6.15. The third-order valence-corrected chi connectivity index (χ3v) is 2.45. The van der Waals surface area contributed by atoms with Gasteiger partial charge in [-0.05, 0) is 13.3 Å². The first-order valence-electron chi connectivity index (χ1n) is 5.58. The van der Waals surface area contributed by atoms with E-state index >= 15 is 0 Å². The first kappa shape index (κ1) is 13.2. The maximum Gasteiger partial charge on any atom is 0.228 e. The van der Waals surface area contributed by atoms with Gasteiger partial charge in [0, 0.05) is 30.7 Å². The summed E-state index contributed by atoms with van der Waals surface area (Å²) in [6.07, 6.45) is 2.72. The van der Waals surface area contributed by atoms with Crippen LogP contribution in [0.5, 0.6) is 5.88 Å². The zero-order valence-corrected chi connectivity index (χ0v) is 11.4. The van der Waals surface area contributed by atoms with E-state index in [1.807, 2.05) is 0 Å². The van der Waals surface area contributed by atoms with E-state index in [1.54, 1.807) is 12.3 Å². The minimum atomic E-state index is 0.653. The summed E-state index contributed by atoms with van der Waals surface area (Å²) in [4.78, 5) is 10.7. The Morgan fingerprint density at radius 3 is 2.88 bits per heavy atom. The highest BCUT2D eigenvalue weighted by molar-refractivity contribution is 9.09. The van der Waals surface area contributed by atoms with Gasteiger partial charge in [0.1, 0.15) is 0 Å². The Hall–Kier alpha value is -0.840. The van der Waals surface area contributed by atoms with E-state index < -0.39 is 0 Å². The second kappa shape index (κ2) is 7.44. The standard InChI is InChI=1S/C11H18BrN3O/c1-3-9-16-10-5-7-13-11(14-10)15(4-2)8-6-12/h5,7H,3-4,6,8-9H2,1-2H3. The summed E-state index contributed by atoms with van der Waals surface area (Å²) >= 11 is 3.42. The summed E-state index contributed by atoms with van der Waals surface area (Å²) < 4.78 is 5.48. The first-order chi connectivity index (χ1) is 7.81. The molecule has 0 unspecified atom stereocenters. The summed E-state index contributed by atoms with van der Waals surface area (Å²) in [5, 5.41) is 0.907. The van der Waals surface area contributed by atoms with Crippen molar-refractivity contribution in [3.8, 4) is 5.88 Å². The fraction of sp³-hybridized carbons (Fsp3) is 0.636. The van der Waals surface area contributed by atoms with E-state index in [2.05, 4.69) is 44.6 Å². The van der Waals surface area contributed by atoms with Crippen LogP contribution in [0.1, 0.15) is 20.3 Å². The molecule has 0 spiro atoms. The average Bonchev–Trinajstić information content (AvgIpc) is 2.33. The molecular formula is C11H18BrN3O. The Morgan fingerprint density at radius 1 is 1.44 bits per heavy atom. The molecule has 1 aromatic heterocycles. The van der Waals surface area contributed by atoms with Crippen LogP contribution < -0.4 is 9.64 Å². The van der Waals surface area contributed by atoms with Crippen molar-refractivity contribution >= 4 is 21.9 Å². The number of nitrogens with zero attached hydrogens (tertiary/aromatic N) is 3. The third-order valence-electron chi connectivity index (χ3n) is 2.09. The summed E-state index contributed by atoms with van der Waals surface area (Å²) in [6.45, 7) is 6.65. The molecule has 0 fully saturated rings. The van der Waals surface area contributed by atoms with Crippen LogP contribution in [0.3, 0.4) is 0 Å². The van der Waals surface area contributed by atoms with E-state index in [0.29, 0.717) is 12.5 Å². The zero-order chi connectivity index (χ0) is 11.8. The molecule has 16 heavy (non-hydrogen) atoms. The molecule has 0 bridgehead atoms. The van der Waals surface area contributed by atoms with Crippen LogP contribution in [0.4, 0.5) is 5.95 Å². The molecule has 0 aliphatic carbocycles. The monoisotopic (exact) mass is 287 g/mol. The van der Waals surface area contributed by atoms with Gasteiger partial charge in [-0.15, -0.1) is 0 Å². The summed E-state index contributed by atoms with van der Waals surface area (Å²) in [7, 11) is 0. The van der Waals surface area contributed by atoms with Gasteiger partial charge in [-0.3, -0.25) is 0 Å². The molecule has 0 atom stereocenters. The highest BCUT2D eigenvalue weighted by Gasteiger charge is 2.07. The van der Waals surface area contributed by atoms with Crippen molar-refractivity contribution in [2.45, 2.75) is 20.3 Å². The molecule has 0 N–H and O–H groups in total. The minimum absolute atomic E-state index is 0.653. The predicted octanol–water partition coefficient (Wildman–Crippen LogP) is 2.49. The fourth-order valence-electron chi connectivity index (χ4n) is 1.27. The van der Waals surface area contributed by atoms with Gasteiger partial charge in [0.15, 0.2) is 0 Å². The lowest BCUT2D eigenvalue weighted by atomic mass is 10.5. The van der Waals surface area contributed by atoms with E-state index in [-0.39, 0.29) is 0 Å². The van der Waals surface area contributed by atoms with Crippen molar-refractivity contribution in [2.24, 2.45) is 0 Å². The molecule has 90 valence electrons. The zero-order valence-electron chi connectivity index (χ0n) is 9.82. The topological polar surface area (TPSA) is 38.2 Å². The number of hydrogen-bond donors (Lipinski definition) is 0. The van der Waals surface area contributed by atoms with E-state index in [9.17, 15) is 0 Å². The van der Waals surface area contributed by atoms with Crippen LogP contribution in [0, 0.1) is 0 Å². The summed E-state index contributed by atoms with van der Waals surface area (Å²) in [6, 6.07) is 1.79. The second-order valence-corrected chi connectivity index (χ2v) is 4.10.